The molecular formula is C24H28BrClN2O. The van der Waals surface area contributed by atoms with Gasteiger partial charge in [-0.3, -0.25) is 4.98 Å². The lowest BCUT2D eigenvalue weighted by molar-refractivity contribution is 0.160. The molecule has 29 heavy (non-hydrogen) atoms. The number of hydrogen-bond acceptors (Lipinski definition) is 3. The largest absolute Gasteiger partial charge is 0.385 e. The minimum absolute atomic E-state index is 0.555. The molecule has 3 nitrogen and oxygen atoms in total. The number of fused-ring (bicyclic) bond motifs is 2. The molecule has 0 bridgehead atoms. The molecule has 1 aromatic heterocycles. The van der Waals surface area contributed by atoms with Crippen molar-refractivity contribution in [2.75, 3.05) is 27.3 Å². The maximum absolute atomic E-state index is 6.36. The van der Waals surface area contributed by atoms with E-state index < -0.39 is 0 Å². The predicted octanol–water partition coefficient (Wildman–Crippen LogP) is 5.92. The van der Waals surface area contributed by atoms with Gasteiger partial charge in [0.2, 0.25) is 0 Å². The van der Waals surface area contributed by atoms with Crippen LogP contribution in [0.1, 0.15) is 48.1 Å². The van der Waals surface area contributed by atoms with Crippen molar-refractivity contribution < 1.29 is 4.74 Å². The van der Waals surface area contributed by atoms with Crippen LogP contribution in [0.25, 0.3) is 5.57 Å². The van der Waals surface area contributed by atoms with Gasteiger partial charge in [-0.1, -0.05) is 23.2 Å². The maximum Gasteiger partial charge on any atom is 0.0740 e. The summed E-state index contributed by atoms with van der Waals surface area (Å²) in [6.07, 6.45) is 8.36. The van der Waals surface area contributed by atoms with Crippen LogP contribution in [0.3, 0.4) is 0 Å². The summed E-state index contributed by atoms with van der Waals surface area (Å²) in [6.45, 7) is 1.92. The fourth-order valence-corrected chi connectivity index (χ4v) is 5.29. The highest BCUT2D eigenvalue weighted by Crippen LogP contribution is 2.40. The van der Waals surface area contributed by atoms with Crippen molar-refractivity contribution in [2.45, 2.75) is 44.6 Å². The summed E-state index contributed by atoms with van der Waals surface area (Å²) < 4.78 is 6.33. The fourth-order valence-electron chi connectivity index (χ4n) is 4.71. The molecule has 0 N–H and O–H groups in total. The van der Waals surface area contributed by atoms with Crippen molar-refractivity contribution in [1.29, 1.82) is 0 Å². The highest BCUT2D eigenvalue weighted by atomic mass is 79.9. The molecular weight excluding hydrogens is 448 g/mol. The molecule has 154 valence electrons. The van der Waals surface area contributed by atoms with Gasteiger partial charge in [0.15, 0.2) is 0 Å². The van der Waals surface area contributed by atoms with Gasteiger partial charge in [0.25, 0.3) is 0 Å². The second kappa shape index (κ2) is 9.30. The van der Waals surface area contributed by atoms with E-state index in [1.54, 1.807) is 7.11 Å². The van der Waals surface area contributed by atoms with E-state index in [2.05, 4.69) is 46.1 Å². The van der Waals surface area contributed by atoms with Gasteiger partial charge in [0.1, 0.15) is 0 Å². The van der Waals surface area contributed by atoms with Crippen LogP contribution in [0, 0.1) is 0 Å². The topological polar surface area (TPSA) is 25.4 Å². The molecule has 2 aromatic rings. The molecule has 2 aliphatic rings. The third kappa shape index (κ3) is 4.61. The Morgan fingerprint density at radius 3 is 2.86 bits per heavy atom. The first-order valence-electron chi connectivity index (χ1n) is 10.4. The number of piperidine rings is 1. The first kappa shape index (κ1) is 21.0. The first-order valence-corrected chi connectivity index (χ1v) is 11.6. The Morgan fingerprint density at radius 2 is 2.03 bits per heavy atom. The molecule has 1 fully saturated rings. The summed E-state index contributed by atoms with van der Waals surface area (Å²) in [4.78, 5) is 7.41. The molecule has 0 spiro atoms. The van der Waals surface area contributed by atoms with Crippen LogP contribution in [0.15, 0.2) is 40.5 Å². The lowest BCUT2D eigenvalue weighted by Crippen LogP contribution is -2.37. The molecule has 0 amide bonds. The molecule has 5 heteroatoms. The Morgan fingerprint density at radius 1 is 1.21 bits per heavy atom. The van der Waals surface area contributed by atoms with Crippen molar-refractivity contribution in [3.8, 4) is 0 Å². The SMILES string of the molecule is COCCC[C@H]1C/C(=C2/c3ccc(Cl)cc3CCc3cc(Br)cnc32)CCN1C. The summed E-state index contributed by atoms with van der Waals surface area (Å²) in [7, 11) is 4.04. The number of rotatable bonds is 4. The third-order valence-electron chi connectivity index (χ3n) is 6.28. The number of aromatic nitrogens is 1. The monoisotopic (exact) mass is 474 g/mol. The van der Waals surface area contributed by atoms with Gasteiger partial charge in [0.05, 0.1) is 5.69 Å². The van der Waals surface area contributed by atoms with Crippen molar-refractivity contribution >= 4 is 33.1 Å². The van der Waals surface area contributed by atoms with E-state index in [0.29, 0.717) is 6.04 Å². The molecule has 1 saturated heterocycles. The second-order valence-corrected chi connectivity index (χ2v) is 9.52. The van der Waals surface area contributed by atoms with Crippen LogP contribution in [0.5, 0.6) is 0 Å². The van der Waals surface area contributed by atoms with Gasteiger partial charge in [0, 0.05) is 47.6 Å². The van der Waals surface area contributed by atoms with Gasteiger partial charge in [-0.25, -0.2) is 0 Å². The van der Waals surface area contributed by atoms with Gasteiger partial charge < -0.3 is 9.64 Å². The summed E-state index contributed by atoms with van der Waals surface area (Å²) in [5, 5.41) is 0.814. The van der Waals surface area contributed by atoms with E-state index in [9.17, 15) is 0 Å². The number of nitrogens with zero attached hydrogens (tertiary/aromatic N) is 2. The Kier molecular flexibility index (Phi) is 6.75. The molecule has 0 radical (unpaired) electrons. The van der Waals surface area contributed by atoms with Crippen LogP contribution < -0.4 is 0 Å². The molecule has 1 aromatic carbocycles. The summed E-state index contributed by atoms with van der Waals surface area (Å²) in [5.41, 5.74) is 8.02. The minimum Gasteiger partial charge on any atom is -0.385 e. The Balaban J connectivity index is 1.80. The van der Waals surface area contributed by atoms with Gasteiger partial charge >= 0.3 is 0 Å². The van der Waals surface area contributed by atoms with Crippen LogP contribution >= 0.6 is 27.5 Å². The highest BCUT2D eigenvalue weighted by molar-refractivity contribution is 9.10. The molecule has 0 saturated carbocycles. The number of aryl methyl sites for hydroxylation is 2. The van der Waals surface area contributed by atoms with Crippen LogP contribution in [-0.4, -0.2) is 43.2 Å². The van der Waals surface area contributed by atoms with Gasteiger partial charge in [-0.05, 0) is 96.4 Å². The number of pyridine rings is 1. The van der Waals surface area contributed by atoms with E-state index >= 15 is 0 Å². The predicted molar refractivity (Wildman–Crippen MR) is 124 cm³/mol. The average Bonchev–Trinajstić information content (AvgIpc) is 2.86. The Bertz CT molecular complexity index is 872. The van der Waals surface area contributed by atoms with Crippen molar-refractivity contribution in [1.82, 2.24) is 9.88 Å². The van der Waals surface area contributed by atoms with E-state index in [4.69, 9.17) is 21.3 Å². The zero-order valence-electron chi connectivity index (χ0n) is 17.2. The van der Waals surface area contributed by atoms with E-state index in [1.165, 1.54) is 27.8 Å². The smallest absolute Gasteiger partial charge is 0.0740 e. The van der Waals surface area contributed by atoms with E-state index in [1.807, 2.05) is 12.3 Å². The number of likely N-dealkylation sites (tertiary alicyclic amines) is 1. The number of benzene rings is 1. The van der Waals surface area contributed by atoms with Crippen LogP contribution in [0.4, 0.5) is 0 Å². The van der Waals surface area contributed by atoms with Crippen molar-refractivity contribution in [3.63, 3.8) is 0 Å². The van der Waals surface area contributed by atoms with Gasteiger partial charge in [-0.15, -0.1) is 0 Å². The van der Waals surface area contributed by atoms with Crippen molar-refractivity contribution in [2.24, 2.45) is 0 Å². The zero-order valence-corrected chi connectivity index (χ0v) is 19.5. The Labute approximate surface area is 187 Å². The third-order valence-corrected chi connectivity index (χ3v) is 6.95. The zero-order chi connectivity index (χ0) is 20.4. The summed E-state index contributed by atoms with van der Waals surface area (Å²) in [5.74, 6) is 0. The first-order chi connectivity index (χ1) is 14.1. The molecule has 0 unspecified atom stereocenters. The van der Waals surface area contributed by atoms with Crippen LogP contribution in [-0.2, 0) is 17.6 Å². The fraction of sp³-hybridized carbons (Fsp3) is 0.458. The number of ether oxygens (including phenoxy) is 1. The summed E-state index contributed by atoms with van der Waals surface area (Å²) >= 11 is 9.97. The molecule has 1 atom stereocenters. The normalized spacial score (nSPS) is 22.1. The molecule has 2 heterocycles. The number of methoxy groups -OCH3 is 1. The minimum atomic E-state index is 0.555. The molecule has 1 aliphatic heterocycles. The molecule has 1 aliphatic carbocycles. The standard InChI is InChI=1S/C24H28BrClN2O/c1-28-10-9-17(14-21(28)4-3-11-29-2)23-22-8-7-20(26)13-16(22)5-6-18-12-19(25)15-27-24(18)23/h7-8,12-13,15,21H,3-6,9-11,14H2,1-2H3/b23-17-/t21-/m0/s1. The average molecular weight is 476 g/mol. The van der Waals surface area contributed by atoms with Crippen molar-refractivity contribution in [3.05, 3.63) is 67.9 Å². The quantitative estimate of drug-likeness (QED) is 0.513. The second-order valence-electron chi connectivity index (χ2n) is 8.16. The lowest BCUT2D eigenvalue weighted by Gasteiger charge is -2.35. The number of halogens is 2. The highest BCUT2D eigenvalue weighted by Gasteiger charge is 2.28. The Hall–Kier alpha value is -1.20. The lowest BCUT2D eigenvalue weighted by atomic mass is 9.85. The van der Waals surface area contributed by atoms with E-state index in [-0.39, 0.29) is 0 Å². The van der Waals surface area contributed by atoms with E-state index in [0.717, 1.165) is 66.9 Å². The van der Waals surface area contributed by atoms with Gasteiger partial charge in [-0.2, -0.15) is 0 Å². The molecule has 4 rings (SSSR count). The summed E-state index contributed by atoms with van der Waals surface area (Å²) in [6, 6.07) is 9.16. The number of hydrogen-bond donors (Lipinski definition) is 0. The van der Waals surface area contributed by atoms with Crippen LogP contribution in [0.2, 0.25) is 5.02 Å². The maximum atomic E-state index is 6.36.